The van der Waals surface area contributed by atoms with E-state index in [1.54, 1.807) is 0 Å². The lowest BCUT2D eigenvalue weighted by atomic mass is 10.0. The van der Waals surface area contributed by atoms with Crippen LogP contribution in [0.2, 0.25) is 0 Å². The Hall–Kier alpha value is -2.89. The molecule has 0 spiro atoms. The highest BCUT2D eigenvalue weighted by atomic mass is 16.6. The summed E-state index contributed by atoms with van der Waals surface area (Å²) in [5.74, 6) is -0.881. The van der Waals surface area contributed by atoms with Crippen molar-refractivity contribution in [3.8, 4) is 0 Å². The van der Waals surface area contributed by atoms with Crippen LogP contribution in [0.3, 0.4) is 0 Å². The molecule has 0 bridgehead atoms. The molecule has 6 heteroatoms. The molecule has 0 aromatic heterocycles. The second-order valence-corrected chi connectivity index (χ2v) is 20.6. The predicted molar refractivity (Wildman–Crippen MR) is 307 cm³/mol. The predicted octanol–water partition coefficient (Wildman–Crippen LogP) is 20.8. The van der Waals surface area contributed by atoms with E-state index in [1.807, 2.05) is 0 Å². The van der Waals surface area contributed by atoms with Crippen LogP contribution in [0.1, 0.15) is 316 Å². The lowest BCUT2D eigenvalue weighted by Gasteiger charge is -2.18. The topological polar surface area (TPSA) is 78.9 Å². The zero-order valence-electron chi connectivity index (χ0n) is 47.2. The van der Waals surface area contributed by atoms with E-state index in [4.69, 9.17) is 14.2 Å². The van der Waals surface area contributed by atoms with E-state index in [2.05, 4.69) is 81.5 Å². The molecule has 6 nitrogen and oxygen atoms in total. The van der Waals surface area contributed by atoms with Gasteiger partial charge >= 0.3 is 17.9 Å². The van der Waals surface area contributed by atoms with Crippen molar-refractivity contribution in [1.29, 1.82) is 0 Å². The molecule has 0 heterocycles. The van der Waals surface area contributed by atoms with E-state index in [0.717, 1.165) is 96.3 Å². The first-order valence-electron chi connectivity index (χ1n) is 30.8. The molecule has 0 radical (unpaired) electrons. The van der Waals surface area contributed by atoms with Gasteiger partial charge in [0.25, 0.3) is 0 Å². The molecular weight excluding hydrogens is 877 g/mol. The number of esters is 3. The molecular formula is C65H116O6. The van der Waals surface area contributed by atoms with Crippen LogP contribution in [0.25, 0.3) is 0 Å². The molecule has 0 amide bonds. The van der Waals surface area contributed by atoms with Crippen LogP contribution in [-0.2, 0) is 28.6 Å². The van der Waals surface area contributed by atoms with Gasteiger partial charge < -0.3 is 14.2 Å². The van der Waals surface area contributed by atoms with Gasteiger partial charge in [0.1, 0.15) is 13.2 Å². The second-order valence-electron chi connectivity index (χ2n) is 20.6. The van der Waals surface area contributed by atoms with Gasteiger partial charge in [-0.2, -0.15) is 0 Å². The molecule has 0 aromatic rings. The smallest absolute Gasteiger partial charge is 0.306 e. The van der Waals surface area contributed by atoms with Crippen molar-refractivity contribution >= 4 is 17.9 Å². The Labute approximate surface area is 440 Å². The van der Waals surface area contributed by atoms with Crippen LogP contribution >= 0.6 is 0 Å². The van der Waals surface area contributed by atoms with Gasteiger partial charge in [0.2, 0.25) is 0 Å². The van der Waals surface area contributed by atoms with Crippen LogP contribution in [0.4, 0.5) is 0 Å². The van der Waals surface area contributed by atoms with E-state index < -0.39 is 6.10 Å². The summed E-state index contributed by atoms with van der Waals surface area (Å²) in [6, 6.07) is 0. The summed E-state index contributed by atoms with van der Waals surface area (Å²) >= 11 is 0. The van der Waals surface area contributed by atoms with E-state index in [0.29, 0.717) is 19.3 Å². The molecule has 0 rings (SSSR count). The average Bonchev–Trinajstić information content (AvgIpc) is 3.37. The molecule has 0 saturated heterocycles. The summed E-state index contributed by atoms with van der Waals surface area (Å²) in [6.07, 6.45) is 75.2. The zero-order valence-corrected chi connectivity index (χ0v) is 47.2. The fourth-order valence-electron chi connectivity index (χ4n) is 8.90. The maximum absolute atomic E-state index is 12.9. The Morgan fingerprint density at radius 2 is 0.549 bits per heavy atom. The third kappa shape index (κ3) is 57.9. The van der Waals surface area contributed by atoms with Gasteiger partial charge in [-0.1, -0.05) is 274 Å². The maximum Gasteiger partial charge on any atom is 0.306 e. The lowest BCUT2D eigenvalue weighted by molar-refractivity contribution is -0.167. The lowest BCUT2D eigenvalue weighted by Crippen LogP contribution is -2.30. The summed E-state index contributed by atoms with van der Waals surface area (Å²) in [6.45, 7) is 6.53. The molecule has 412 valence electrons. The Bertz CT molecular complexity index is 1280. The van der Waals surface area contributed by atoms with E-state index in [1.165, 1.54) is 180 Å². The van der Waals surface area contributed by atoms with Gasteiger partial charge in [0.15, 0.2) is 6.10 Å². The van der Waals surface area contributed by atoms with Crippen molar-refractivity contribution in [1.82, 2.24) is 0 Å². The molecule has 1 atom stereocenters. The number of rotatable bonds is 56. The van der Waals surface area contributed by atoms with E-state index >= 15 is 0 Å². The van der Waals surface area contributed by atoms with Crippen molar-refractivity contribution in [3.05, 3.63) is 60.8 Å². The van der Waals surface area contributed by atoms with Crippen molar-refractivity contribution in [2.75, 3.05) is 13.2 Å². The largest absolute Gasteiger partial charge is 0.462 e. The number of ether oxygens (including phenoxy) is 3. The summed E-state index contributed by atoms with van der Waals surface area (Å²) in [4.78, 5) is 38.1. The monoisotopic (exact) mass is 993 g/mol. The Kier molecular flexibility index (Phi) is 57.2. The number of carbonyl (C=O) groups excluding carboxylic acids is 3. The molecule has 0 N–H and O–H groups in total. The summed E-state index contributed by atoms with van der Waals surface area (Å²) in [5, 5.41) is 0. The molecule has 0 aliphatic rings. The standard InChI is InChI=1S/C65H116O6/c1-4-7-10-13-16-19-21-23-25-27-29-30-31-32-33-34-36-37-39-41-43-46-49-52-55-58-64(67)70-61-62(60-69-63(66)57-54-51-48-45-18-15-12-9-6-3)71-65(68)59-56-53-50-47-44-42-40-38-35-28-26-24-22-20-17-14-11-8-5-2/h8,11,17,20,24,26-27,29,35,38,62H,4-7,9-10,12-16,18-19,21-23,25,28,30-34,36-37,39-61H2,1-3H3/b11-8-,20-17-,26-24-,29-27-,38-35-. The quantitative estimate of drug-likeness (QED) is 0.0261. The molecule has 0 aliphatic carbocycles. The van der Waals surface area contributed by atoms with Gasteiger partial charge in [0, 0.05) is 19.3 Å². The van der Waals surface area contributed by atoms with Gasteiger partial charge in [-0.25, -0.2) is 0 Å². The van der Waals surface area contributed by atoms with E-state index in [9.17, 15) is 14.4 Å². The van der Waals surface area contributed by atoms with Crippen molar-refractivity contribution in [2.24, 2.45) is 0 Å². The molecule has 0 aliphatic heterocycles. The molecule has 0 saturated carbocycles. The summed E-state index contributed by atoms with van der Waals surface area (Å²) < 4.78 is 16.9. The minimum absolute atomic E-state index is 0.0774. The highest BCUT2D eigenvalue weighted by Gasteiger charge is 2.19. The SMILES string of the molecule is CC/C=C\C/C=C\C/C=C\C/C=C\CCCCCCCCC(=O)OC(COC(=O)CCCCCCCCCCC)COC(=O)CCCCCCCCCCCCCCC/C=C\CCCCCCCCCC. The summed E-state index contributed by atoms with van der Waals surface area (Å²) in [5.41, 5.74) is 0. The Morgan fingerprint density at radius 1 is 0.296 bits per heavy atom. The van der Waals surface area contributed by atoms with Gasteiger partial charge in [0.05, 0.1) is 0 Å². The van der Waals surface area contributed by atoms with Crippen LogP contribution in [0.15, 0.2) is 60.8 Å². The Morgan fingerprint density at radius 3 is 0.873 bits per heavy atom. The van der Waals surface area contributed by atoms with E-state index in [-0.39, 0.29) is 31.1 Å². The van der Waals surface area contributed by atoms with Gasteiger partial charge in [-0.3, -0.25) is 14.4 Å². The number of hydrogen-bond donors (Lipinski definition) is 0. The third-order valence-corrected chi connectivity index (χ3v) is 13.5. The number of hydrogen-bond acceptors (Lipinski definition) is 6. The fraction of sp³-hybridized carbons (Fsp3) is 0.800. The normalized spacial score (nSPS) is 12.4. The number of allylic oxidation sites excluding steroid dienone is 10. The van der Waals surface area contributed by atoms with Gasteiger partial charge in [-0.05, 0) is 83.5 Å². The highest BCUT2D eigenvalue weighted by molar-refractivity contribution is 5.71. The fourth-order valence-corrected chi connectivity index (χ4v) is 8.90. The number of carbonyl (C=O) groups is 3. The molecule has 1 unspecified atom stereocenters. The second kappa shape index (κ2) is 59.7. The first kappa shape index (κ1) is 68.1. The third-order valence-electron chi connectivity index (χ3n) is 13.5. The Balaban J connectivity index is 4.21. The van der Waals surface area contributed by atoms with Crippen LogP contribution in [0.5, 0.6) is 0 Å². The summed E-state index contributed by atoms with van der Waals surface area (Å²) in [7, 11) is 0. The molecule has 71 heavy (non-hydrogen) atoms. The zero-order chi connectivity index (χ0) is 51.4. The highest BCUT2D eigenvalue weighted by Crippen LogP contribution is 2.16. The van der Waals surface area contributed by atoms with Crippen molar-refractivity contribution < 1.29 is 28.6 Å². The molecule has 0 fully saturated rings. The van der Waals surface area contributed by atoms with Crippen LogP contribution in [0, 0.1) is 0 Å². The van der Waals surface area contributed by atoms with Crippen LogP contribution < -0.4 is 0 Å². The van der Waals surface area contributed by atoms with Crippen molar-refractivity contribution in [3.63, 3.8) is 0 Å². The number of unbranched alkanes of at least 4 members (excludes halogenated alkanes) is 35. The van der Waals surface area contributed by atoms with Crippen molar-refractivity contribution in [2.45, 2.75) is 322 Å². The van der Waals surface area contributed by atoms with Gasteiger partial charge in [-0.15, -0.1) is 0 Å². The average molecular weight is 994 g/mol. The first-order chi connectivity index (χ1) is 35.0. The minimum atomic E-state index is -0.779. The van der Waals surface area contributed by atoms with Crippen LogP contribution in [-0.4, -0.2) is 37.2 Å². The minimum Gasteiger partial charge on any atom is -0.462 e. The first-order valence-corrected chi connectivity index (χ1v) is 30.8. The maximum atomic E-state index is 12.9. The molecule has 0 aromatic carbocycles.